The number of methoxy groups -OCH3 is 1. The molecule has 0 aromatic heterocycles. The summed E-state index contributed by atoms with van der Waals surface area (Å²) < 4.78 is 30.9. The van der Waals surface area contributed by atoms with Crippen molar-refractivity contribution in [3.63, 3.8) is 0 Å². The second-order valence-corrected chi connectivity index (χ2v) is 6.95. The molecule has 24 heavy (non-hydrogen) atoms. The second-order valence-electron chi connectivity index (χ2n) is 5.01. The maximum absolute atomic E-state index is 12.6. The zero-order valence-electron chi connectivity index (χ0n) is 13.7. The number of hydrogen-bond acceptors (Lipinski definition) is 5. The van der Waals surface area contributed by atoms with Crippen LogP contribution in [0.5, 0.6) is 0 Å². The van der Waals surface area contributed by atoms with Crippen LogP contribution in [-0.2, 0) is 19.6 Å². The lowest BCUT2D eigenvalue weighted by Crippen LogP contribution is -2.36. The van der Waals surface area contributed by atoms with E-state index in [1.54, 1.807) is 6.92 Å². The summed E-state index contributed by atoms with van der Waals surface area (Å²) in [4.78, 5) is 22.8. The Kier molecular flexibility index (Phi) is 7.83. The van der Waals surface area contributed by atoms with Gasteiger partial charge in [-0.1, -0.05) is 13.0 Å². The van der Waals surface area contributed by atoms with Crippen molar-refractivity contribution in [2.45, 2.75) is 18.2 Å². The van der Waals surface area contributed by atoms with Gasteiger partial charge in [0.2, 0.25) is 10.0 Å². The molecule has 0 spiro atoms. The maximum atomic E-state index is 12.6. The Balaban J connectivity index is 3.04. The third kappa shape index (κ3) is 5.59. The minimum atomic E-state index is -3.99. The number of carboxylic acid groups (broad SMARTS) is 1. The van der Waals surface area contributed by atoms with Crippen molar-refractivity contribution in [2.75, 3.05) is 33.4 Å². The predicted molar refractivity (Wildman–Crippen MR) is 87.3 cm³/mol. The molecular weight excluding hydrogens is 336 g/mol. The molecule has 9 heteroatoms. The average molecular weight is 358 g/mol. The van der Waals surface area contributed by atoms with Crippen LogP contribution in [0.3, 0.4) is 0 Å². The quantitative estimate of drug-likeness (QED) is 0.591. The van der Waals surface area contributed by atoms with Crippen molar-refractivity contribution in [1.29, 1.82) is 0 Å². The van der Waals surface area contributed by atoms with Crippen LogP contribution in [0.2, 0.25) is 0 Å². The van der Waals surface area contributed by atoms with E-state index in [0.29, 0.717) is 19.6 Å². The standard InChI is InChI=1S/C15H22N2O6S/c1-3-8-17(11-14(18)19)24(21,22)13-6-4-5-12(10-13)15(20)16-7-9-23-2/h4-6,10H,3,7-9,11H2,1-2H3,(H,16,20)(H,18,19). The molecule has 0 heterocycles. The molecule has 1 amide bonds. The first-order chi connectivity index (χ1) is 11.3. The fraction of sp³-hybridized carbons (Fsp3) is 0.467. The first-order valence-electron chi connectivity index (χ1n) is 7.42. The Morgan fingerprint density at radius 1 is 1.33 bits per heavy atom. The molecule has 0 radical (unpaired) electrons. The molecule has 1 aromatic carbocycles. The largest absolute Gasteiger partial charge is 0.480 e. The normalized spacial score (nSPS) is 11.5. The van der Waals surface area contributed by atoms with Gasteiger partial charge >= 0.3 is 5.97 Å². The van der Waals surface area contributed by atoms with Gasteiger partial charge in [-0.05, 0) is 24.6 Å². The van der Waals surface area contributed by atoms with Gasteiger partial charge in [0.1, 0.15) is 6.54 Å². The van der Waals surface area contributed by atoms with Crippen molar-refractivity contribution in [3.05, 3.63) is 29.8 Å². The number of carbonyl (C=O) groups excluding carboxylic acids is 1. The van der Waals surface area contributed by atoms with Crippen molar-refractivity contribution in [1.82, 2.24) is 9.62 Å². The van der Waals surface area contributed by atoms with Crippen LogP contribution in [0.1, 0.15) is 23.7 Å². The molecule has 134 valence electrons. The molecule has 0 fully saturated rings. The van der Waals surface area contributed by atoms with Crippen LogP contribution in [-0.4, -0.2) is 63.1 Å². The van der Waals surface area contributed by atoms with Gasteiger partial charge < -0.3 is 15.2 Å². The van der Waals surface area contributed by atoms with Crippen LogP contribution in [0, 0.1) is 0 Å². The molecule has 1 aromatic rings. The summed E-state index contributed by atoms with van der Waals surface area (Å²) in [5, 5.41) is 11.5. The van der Waals surface area contributed by atoms with E-state index in [9.17, 15) is 18.0 Å². The van der Waals surface area contributed by atoms with Crippen molar-refractivity contribution in [3.8, 4) is 0 Å². The summed E-state index contributed by atoms with van der Waals surface area (Å²) in [5.74, 6) is -1.66. The van der Waals surface area contributed by atoms with Crippen LogP contribution >= 0.6 is 0 Å². The van der Waals surface area contributed by atoms with E-state index in [1.165, 1.54) is 31.4 Å². The van der Waals surface area contributed by atoms with Gasteiger partial charge in [-0.25, -0.2) is 8.42 Å². The highest BCUT2D eigenvalue weighted by Crippen LogP contribution is 2.17. The van der Waals surface area contributed by atoms with Gasteiger partial charge in [0, 0.05) is 25.8 Å². The molecule has 0 aliphatic rings. The lowest BCUT2D eigenvalue weighted by molar-refractivity contribution is -0.137. The summed E-state index contributed by atoms with van der Waals surface area (Å²) in [6.45, 7) is 1.85. The minimum absolute atomic E-state index is 0.0822. The molecule has 0 saturated heterocycles. The van der Waals surface area contributed by atoms with E-state index in [4.69, 9.17) is 9.84 Å². The van der Waals surface area contributed by atoms with E-state index in [1.807, 2.05) is 0 Å². The number of nitrogens with one attached hydrogen (secondary N) is 1. The molecule has 0 aliphatic carbocycles. The number of aliphatic carboxylic acids is 1. The molecule has 1 rings (SSSR count). The van der Waals surface area contributed by atoms with Gasteiger partial charge in [0.15, 0.2) is 0 Å². The molecule has 0 aliphatic heterocycles. The number of ether oxygens (including phenoxy) is 1. The van der Waals surface area contributed by atoms with E-state index in [0.717, 1.165) is 4.31 Å². The van der Waals surface area contributed by atoms with Gasteiger partial charge in [-0.2, -0.15) is 4.31 Å². The molecule has 0 unspecified atom stereocenters. The van der Waals surface area contributed by atoms with Gasteiger partial charge in [-0.15, -0.1) is 0 Å². The van der Waals surface area contributed by atoms with Crippen LogP contribution in [0.25, 0.3) is 0 Å². The summed E-state index contributed by atoms with van der Waals surface area (Å²) in [6.07, 6.45) is 0.476. The average Bonchev–Trinajstić information content (AvgIpc) is 2.54. The Hall–Kier alpha value is -1.97. The fourth-order valence-electron chi connectivity index (χ4n) is 2.00. The fourth-order valence-corrected chi connectivity index (χ4v) is 3.53. The van der Waals surface area contributed by atoms with E-state index in [-0.39, 0.29) is 17.0 Å². The highest BCUT2D eigenvalue weighted by atomic mass is 32.2. The second kappa shape index (κ2) is 9.36. The number of rotatable bonds is 10. The first-order valence-corrected chi connectivity index (χ1v) is 8.86. The number of sulfonamides is 1. The van der Waals surface area contributed by atoms with E-state index < -0.39 is 28.4 Å². The van der Waals surface area contributed by atoms with Crippen molar-refractivity contribution in [2.24, 2.45) is 0 Å². The van der Waals surface area contributed by atoms with Crippen LogP contribution in [0.4, 0.5) is 0 Å². The maximum Gasteiger partial charge on any atom is 0.318 e. The smallest absolute Gasteiger partial charge is 0.318 e. The van der Waals surface area contributed by atoms with Gasteiger partial charge in [0.05, 0.1) is 11.5 Å². The Labute approximate surface area is 141 Å². The molecule has 0 atom stereocenters. The van der Waals surface area contributed by atoms with Crippen molar-refractivity contribution < 1.29 is 27.9 Å². The third-order valence-electron chi connectivity index (χ3n) is 3.11. The van der Waals surface area contributed by atoms with E-state index >= 15 is 0 Å². The number of amides is 1. The minimum Gasteiger partial charge on any atom is -0.480 e. The van der Waals surface area contributed by atoms with Gasteiger partial charge in [0.25, 0.3) is 5.91 Å². The number of carbonyl (C=O) groups is 2. The zero-order chi connectivity index (χ0) is 18.2. The zero-order valence-corrected chi connectivity index (χ0v) is 14.5. The molecular formula is C15H22N2O6S. The van der Waals surface area contributed by atoms with Crippen LogP contribution < -0.4 is 5.32 Å². The highest BCUT2D eigenvalue weighted by molar-refractivity contribution is 7.89. The molecule has 2 N–H and O–H groups in total. The summed E-state index contributed by atoms with van der Waals surface area (Å²) in [7, 11) is -2.49. The Morgan fingerprint density at radius 3 is 2.62 bits per heavy atom. The monoisotopic (exact) mass is 358 g/mol. The van der Waals surface area contributed by atoms with Crippen LogP contribution in [0.15, 0.2) is 29.2 Å². The first kappa shape index (κ1) is 20.1. The number of benzene rings is 1. The SMILES string of the molecule is CCCN(CC(=O)O)S(=O)(=O)c1cccc(C(=O)NCCOC)c1. The Bertz CT molecular complexity index is 674. The van der Waals surface area contributed by atoms with E-state index in [2.05, 4.69) is 5.32 Å². The predicted octanol–water partition coefficient (Wildman–Crippen LogP) is 0.548. The molecule has 0 saturated carbocycles. The lowest BCUT2D eigenvalue weighted by atomic mass is 10.2. The van der Waals surface area contributed by atoms with Gasteiger partial charge in [-0.3, -0.25) is 9.59 Å². The molecule has 0 bridgehead atoms. The topological polar surface area (TPSA) is 113 Å². The number of nitrogens with zero attached hydrogens (tertiary/aromatic N) is 1. The lowest BCUT2D eigenvalue weighted by Gasteiger charge is -2.20. The summed E-state index contributed by atoms with van der Waals surface area (Å²) in [5.41, 5.74) is 0.180. The number of carboxylic acids is 1. The van der Waals surface area contributed by atoms with Crippen molar-refractivity contribution >= 4 is 21.9 Å². The third-order valence-corrected chi connectivity index (χ3v) is 4.95. The summed E-state index contributed by atoms with van der Waals surface area (Å²) in [6, 6.07) is 5.51. The Morgan fingerprint density at radius 2 is 2.04 bits per heavy atom. The number of hydrogen-bond donors (Lipinski definition) is 2. The summed E-state index contributed by atoms with van der Waals surface area (Å²) >= 11 is 0. The highest BCUT2D eigenvalue weighted by Gasteiger charge is 2.26. The molecule has 8 nitrogen and oxygen atoms in total.